The Hall–Kier alpha value is -1.32. The quantitative estimate of drug-likeness (QED) is 0.565. The van der Waals surface area contributed by atoms with Crippen molar-refractivity contribution in [1.29, 1.82) is 0 Å². The van der Waals surface area contributed by atoms with Gasteiger partial charge in [-0.3, -0.25) is 9.59 Å². The molecule has 2 aliphatic rings. The van der Waals surface area contributed by atoms with Crippen molar-refractivity contribution in [3.05, 3.63) is 12.2 Å². The molecule has 1 fully saturated rings. The predicted octanol–water partition coefficient (Wildman–Crippen LogP) is 3.72. The third kappa shape index (κ3) is 4.27. The van der Waals surface area contributed by atoms with Crippen molar-refractivity contribution < 1.29 is 9.59 Å². The number of carbonyl (C=O) groups excluding carboxylic acids is 2. The minimum absolute atomic E-state index is 0.142. The van der Waals surface area contributed by atoms with Crippen molar-refractivity contribution in [1.82, 2.24) is 9.80 Å². The number of carbonyl (C=O) groups is 2. The van der Waals surface area contributed by atoms with Crippen molar-refractivity contribution in [3.8, 4) is 0 Å². The molecule has 0 aromatic rings. The van der Waals surface area contributed by atoms with Crippen LogP contribution >= 0.6 is 0 Å². The fourth-order valence-corrected chi connectivity index (χ4v) is 4.66. The highest BCUT2D eigenvalue weighted by Gasteiger charge is 2.53. The molecule has 0 N–H and O–H groups in total. The Morgan fingerprint density at radius 3 is 1.32 bits per heavy atom. The second-order valence-corrected chi connectivity index (χ2v) is 7.65. The first-order valence-electron chi connectivity index (χ1n) is 10.3. The highest BCUT2D eigenvalue weighted by Crippen LogP contribution is 2.49. The third-order valence-corrected chi connectivity index (χ3v) is 5.63. The Kier molecular flexibility index (Phi) is 7.52. The van der Waals surface area contributed by atoms with E-state index in [0.29, 0.717) is 0 Å². The first kappa shape index (κ1) is 20.0. The highest BCUT2D eigenvalue weighted by atomic mass is 16.2. The molecule has 0 aliphatic heterocycles. The summed E-state index contributed by atoms with van der Waals surface area (Å²) in [6.07, 6.45) is 9.24. The van der Waals surface area contributed by atoms with Crippen LogP contribution in [0.5, 0.6) is 0 Å². The van der Waals surface area contributed by atoms with E-state index in [9.17, 15) is 9.59 Å². The maximum atomic E-state index is 13.3. The van der Waals surface area contributed by atoms with Crippen LogP contribution in [-0.4, -0.2) is 47.8 Å². The number of rotatable bonds is 10. The number of hydrogen-bond acceptors (Lipinski definition) is 2. The predicted molar refractivity (Wildman–Crippen MR) is 102 cm³/mol. The van der Waals surface area contributed by atoms with Crippen LogP contribution in [0.1, 0.15) is 59.8 Å². The lowest BCUT2D eigenvalue weighted by Crippen LogP contribution is -2.47. The Morgan fingerprint density at radius 2 is 1.04 bits per heavy atom. The standard InChI is InChI=1S/C21H36N2O2/c1-5-11-22(12-6-2)20(24)18-16-9-10-17(15-16)19(18)21(25)23(13-7-3)14-8-4/h9-10,16-19H,5-8,11-15H2,1-4H3/t16-,17-,18-,19+/m0/s1. The molecule has 0 aromatic carbocycles. The maximum Gasteiger partial charge on any atom is 0.227 e. The monoisotopic (exact) mass is 348 g/mol. The van der Waals surface area contributed by atoms with Crippen molar-refractivity contribution in [2.45, 2.75) is 59.8 Å². The molecule has 0 saturated heterocycles. The van der Waals surface area contributed by atoms with Crippen LogP contribution in [0, 0.1) is 23.7 Å². The molecule has 2 aliphatic carbocycles. The van der Waals surface area contributed by atoms with Crippen LogP contribution < -0.4 is 0 Å². The van der Waals surface area contributed by atoms with Gasteiger partial charge in [-0.05, 0) is 43.9 Å². The lowest BCUT2D eigenvalue weighted by Gasteiger charge is -2.34. The number of amides is 2. The number of allylic oxidation sites excluding steroid dienone is 2. The Morgan fingerprint density at radius 1 is 0.720 bits per heavy atom. The van der Waals surface area contributed by atoms with Gasteiger partial charge in [0.2, 0.25) is 11.8 Å². The topological polar surface area (TPSA) is 40.6 Å². The van der Waals surface area contributed by atoms with Crippen molar-refractivity contribution in [2.24, 2.45) is 23.7 Å². The fraction of sp³-hybridized carbons (Fsp3) is 0.810. The van der Waals surface area contributed by atoms with Crippen LogP contribution in [0.4, 0.5) is 0 Å². The Balaban J connectivity index is 2.21. The van der Waals surface area contributed by atoms with E-state index in [1.54, 1.807) is 0 Å². The average Bonchev–Trinajstić information content (AvgIpc) is 3.21. The van der Waals surface area contributed by atoms with Crippen LogP contribution in [-0.2, 0) is 9.59 Å². The summed E-state index contributed by atoms with van der Waals surface area (Å²) in [5.41, 5.74) is 0. The van der Waals surface area contributed by atoms with Gasteiger partial charge in [-0.15, -0.1) is 0 Å². The van der Waals surface area contributed by atoms with Gasteiger partial charge in [-0.1, -0.05) is 39.8 Å². The summed E-state index contributed by atoms with van der Waals surface area (Å²) < 4.78 is 0. The number of fused-ring (bicyclic) bond motifs is 2. The van der Waals surface area contributed by atoms with E-state index in [4.69, 9.17) is 0 Å². The Labute approximate surface area is 153 Å². The molecule has 0 spiro atoms. The van der Waals surface area contributed by atoms with Crippen LogP contribution in [0.15, 0.2) is 12.2 Å². The van der Waals surface area contributed by atoms with Gasteiger partial charge >= 0.3 is 0 Å². The minimum atomic E-state index is -0.142. The summed E-state index contributed by atoms with van der Waals surface area (Å²) in [5, 5.41) is 0. The van der Waals surface area contributed by atoms with Crippen molar-refractivity contribution in [3.63, 3.8) is 0 Å². The first-order chi connectivity index (χ1) is 12.1. The molecule has 25 heavy (non-hydrogen) atoms. The molecule has 0 heterocycles. The molecule has 4 nitrogen and oxygen atoms in total. The smallest absolute Gasteiger partial charge is 0.227 e. The lowest BCUT2D eigenvalue weighted by atomic mass is 9.80. The van der Waals surface area contributed by atoms with Gasteiger partial charge < -0.3 is 9.80 Å². The molecule has 2 rings (SSSR count). The van der Waals surface area contributed by atoms with E-state index in [0.717, 1.165) is 58.3 Å². The fourth-order valence-electron chi connectivity index (χ4n) is 4.66. The summed E-state index contributed by atoms with van der Waals surface area (Å²) in [7, 11) is 0. The summed E-state index contributed by atoms with van der Waals surface area (Å²) in [4.78, 5) is 30.6. The highest BCUT2D eigenvalue weighted by molar-refractivity contribution is 5.90. The van der Waals surface area contributed by atoms with Crippen LogP contribution in [0.2, 0.25) is 0 Å². The van der Waals surface area contributed by atoms with Crippen LogP contribution in [0.3, 0.4) is 0 Å². The SMILES string of the molecule is CCCN(CCC)C(=O)[C@@H]1[C@H](C(=O)N(CCC)CCC)[C@H]2C=C[C@H]1C2. The maximum absolute atomic E-state index is 13.3. The van der Waals surface area contributed by atoms with E-state index in [-0.39, 0.29) is 35.5 Å². The third-order valence-electron chi connectivity index (χ3n) is 5.63. The van der Waals surface area contributed by atoms with Gasteiger partial charge in [0, 0.05) is 26.2 Å². The molecule has 142 valence electrons. The zero-order valence-corrected chi connectivity index (χ0v) is 16.5. The van der Waals surface area contributed by atoms with Gasteiger partial charge in [0.25, 0.3) is 0 Å². The van der Waals surface area contributed by atoms with E-state index in [1.165, 1.54) is 0 Å². The molecule has 0 unspecified atom stereocenters. The lowest BCUT2D eigenvalue weighted by molar-refractivity contribution is -0.147. The van der Waals surface area contributed by atoms with Gasteiger partial charge in [0.05, 0.1) is 11.8 Å². The van der Waals surface area contributed by atoms with Gasteiger partial charge in [-0.25, -0.2) is 0 Å². The van der Waals surface area contributed by atoms with E-state index in [2.05, 4.69) is 39.8 Å². The van der Waals surface area contributed by atoms with E-state index < -0.39 is 0 Å². The molecular formula is C21H36N2O2. The van der Waals surface area contributed by atoms with Crippen molar-refractivity contribution >= 4 is 11.8 Å². The molecule has 0 radical (unpaired) electrons. The largest absolute Gasteiger partial charge is 0.342 e. The van der Waals surface area contributed by atoms with Crippen molar-refractivity contribution in [2.75, 3.05) is 26.2 Å². The molecule has 2 bridgehead atoms. The first-order valence-corrected chi connectivity index (χ1v) is 10.3. The molecule has 0 aromatic heterocycles. The van der Waals surface area contributed by atoms with Gasteiger partial charge in [0.1, 0.15) is 0 Å². The second kappa shape index (κ2) is 9.40. The molecule has 1 saturated carbocycles. The number of nitrogens with zero attached hydrogens (tertiary/aromatic N) is 2. The summed E-state index contributed by atoms with van der Waals surface area (Å²) in [6, 6.07) is 0. The Bertz CT molecular complexity index is 434. The van der Waals surface area contributed by atoms with Gasteiger partial charge in [-0.2, -0.15) is 0 Å². The molecule has 4 atom stereocenters. The second-order valence-electron chi connectivity index (χ2n) is 7.65. The van der Waals surface area contributed by atoms with Gasteiger partial charge in [0.15, 0.2) is 0 Å². The minimum Gasteiger partial charge on any atom is -0.342 e. The van der Waals surface area contributed by atoms with E-state index >= 15 is 0 Å². The zero-order valence-electron chi connectivity index (χ0n) is 16.5. The average molecular weight is 349 g/mol. The molecule has 4 heteroatoms. The van der Waals surface area contributed by atoms with E-state index in [1.807, 2.05) is 9.80 Å². The number of hydrogen-bond donors (Lipinski definition) is 0. The molecular weight excluding hydrogens is 312 g/mol. The van der Waals surface area contributed by atoms with Crippen LogP contribution in [0.25, 0.3) is 0 Å². The summed E-state index contributed by atoms with van der Waals surface area (Å²) in [6.45, 7) is 11.7. The summed E-state index contributed by atoms with van der Waals surface area (Å²) in [5.74, 6) is 0.660. The summed E-state index contributed by atoms with van der Waals surface area (Å²) >= 11 is 0. The molecule has 2 amide bonds. The normalized spacial score (nSPS) is 26.9. The zero-order chi connectivity index (χ0) is 18.4.